The van der Waals surface area contributed by atoms with Gasteiger partial charge in [-0.3, -0.25) is 0 Å². The van der Waals surface area contributed by atoms with Crippen LogP contribution in [0.4, 0.5) is 11.5 Å². The first-order valence-electron chi connectivity index (χ1n) is 5.26. The van der Waals surface area contributed by atoms with Crippen molar-refractivity contribution in [3.63, 3.8) is 0 Å². The Morgan fingerprint density at radius 1 is 1.69 bits per heavy atom. The molecule has 1 fully saturated rings. The fraction of sp³-hybridized carbons (Fsp3) is 0.500. The van der Waals surface area contributed by atoms with Crippen LogP contribution in [0.1, 0.15) is 6.92 Å². The van der Waals surface area contributed by atoms with E-state index in [1.807, 2.05) is 4.90 Å². The standard InChI is InChI=1S/C10H14N4O2/c1-8-7-13(6-5-11-8)9-3-2-4-12-10(9)14(15)16/h2-4,8,11H,5-7H2,1H3. The van der Waals surface area contributed by atoms with E-state index in [4.69, 9.17) is 0 Å². The minimum atomic E-state index is -0.429. The van der Waals surface area contributed by atoms with Gasteiger partial charge < -0.3 is 20.3 Å². The van der Waals surface area contributed by atoms with Crippen molar-refractivity contribution >= 4 is 11.5 Å². The smallest absolute Gasteiger partial charge is 0.362 e. The Labute approximate surface area is 93.4 Å². The van der Waals surface area contributed by atoms with Crippen LogP contribution in [-0.4, -0.2) is 35.6 Å². The first-order valence-corrected chi connectivity index (χ1v) is 5.26. The molecule has 1 N–H and O–H groups in total. The summed E-state index contributed by atoms with van der Waals surface area (Å²) >= 11 is 0. The van der Waals surface area contributed by atoms with E-state index in [0.717, 1.165) is 19.6 Å². The summed E-state index contributed by atoms with van der Waals surface area (Å²) in [6.45, 7) is 4.45. The van der Waals surface area contributed by atoms with Crippen LogP contribution in [0.15, 0.2) is 18.3 Å². The quantitative estimate of drug-likeness (QED) is 0.591. The monoisotopic (exact) mass is 222 g/mol. The molecule has 6 nitrogen and oxygen atoms in total. The van der Waals surface area contributed by atoms with Gasteiger partial charge in [-0.15, -0.1) is 0 Å². The zero-order valence-electron chi connectivity index (χ0n) is 9.09. The maximum absolute atomic E-state index is 10.8. The molecule has 1 unspecified atom stereocenters. The van der Waals surface area contributed by atoms with Crippen molar-refractivity contribution in [2.45, 2.75) is 13.0 Å². The molecule has 1 saturated heterocycles. The summed E-state index contributed by atoms with van der Waals surface area (Å²) in [6, 6.07) is 3.83. The van der Waals surface area contributed by atoms with Crippen molar-refractivity contribution in [2.75, 3.05) is 24.5 Å². The predicted molar refractivity (Wildman–Crippen MR) is 60.6 cm³/mol. The average Bonchev–Trinajstić information content (AvgIpc) is 2.29. The summed E-state index contributed by atoms with van der Waals surface area (Å²) in [5.41, 5.74) is 0.612. The molecule has 6 heteroatoms. The Morgan fingerprint density at radius 2 is 2.50 bits per heavy atom. The number of nitrogens with zero attached hydrogens (tertiary/aromatic N) is 3. The van der Waals surface area contributed by atoms with Crippen molar-refractivity contribution in [3.05, 3.63) is 28.4 Å². The van der Waals surface area contributed by atoms with Crippen molar-refractivity contribution in [2.24, 2.45) is 0 Å². The molecule has 0 amide bonds. The van der Waals surface area contributed by atoms with Crippen LogP contribution in [-0.2, 0) is 0 Å². The normalized spacial score (nSPS) is 20.8. The number of pyridine rings is 1. The molecule has 1 aliphatic heterocycles. The highest BCUT2D eigenvalue weighted by Crippen LogP contribution is 2.25. The average molecular weight is 222 g/mol. The molecule has 2 rings (SSSR count). The summed E-state index contributed by atoms with van der Waals surface area (Å²) in [5, 5.41) is 14.1. The summed E-state index contributed by atoms with van der Waals surface area (Å²) in [6.07, 6.45) is 1.45. The van der Waals surface area contributed by atoms with E-state index in [1.165, 1.54) is 6.20 Å². The number of hydrogen-bond acceptors (Lipinski definition) is 5. The minimum absolute atomic E-state index is 0.0587. The molecule has 0 radical (unpaired) electrons. The second kappa shape index (κ2) is 4.44. The van der Waals surface area contributed by atoms with Gasteiger partial charge in [-0.25, -0.2) is 0 Å². The lowest BCUT2D eigenvalue weighted by Crippen LogP contribution is -2.49. The largest absolute Gasteiger partial charge is 0.387 e. The highest BCUT2D eigenvalue weighted by atomic mass is 16.6. The van der Waals surface area contributed by atoms with Gasteiger partial charge >= 0.3 is 5.82 Å². The van der Waals surface area contributed by atoms with Gasteiger partial charge in [0.2, 0.25) is 0 Å². The molecule has 0 spiro atoms. The molecule has 1 aromatic heterocycles. The van der Waals surface area contributed by atoms with E-state index in [1.54, 1.807) is 12.1 Å². The molecule has 86 valence electrons. The Hall–Kier alpha value is -1.69. The Morgan fingerprint density at radius 3 is 3.19 bits per heavy atom. The maximum atomic E-state index is 10.8. The van der Waals surface area contributed by atoms with Gasteiger partial charge in [-0.05, 0) is 29.0 Å². The van der Waals surface area contributed by atoms with Crippen molar-refractivity contribution in [1.82, 2.24) is 10.3 Å². The third-order valence-corrected chi connectivity index (χ3v) is 2.65. The molecule has 1 atom stereocenters. The van der Waals surface area contributed by atoms with Crippen LogP contribution in [0.5, 0.6) is 0 Å². The summed E-state index contributed by atoms with van der Waals surface area (Å²) < 4.78 is 0. The number of nitrogens with one attached hydrogen (secondary N) is 1. The predicted octanol–water partition coefficient (Wildman–Crippen LogP) is 0.788. The SMILES string of the molecule is CC1CN(c2cccnc2[N+](=O)[O-])CCN1. The van der Waals surface area contributed by atoms with E-state index in [-0.39, 0.29) is 5.82 Å². The summed E-state index contributed by atoms with van der Waals surface area (Å²) in [7, 11) is 0. The second-order valence-corrected chi connectivity index (χ2v) is 3.90. The first kappa shape index (κ1) is 10.8. The Kier molecular flexibility index (Phi) is 3.00. The van der Waals surface area contributed by atoms with Crippen LogP contribution in [0.3, 0.4) is 0 Å². The van der Waals surface area contributed by atoms with E-state index < -0.39 is 4.92 Å². The third kappa shape index (κ3) is 2.11. The third-order valence-electron chi connectivity index (χ3n) is 2.65. The van der Waals surface area contributed by atoms with Gasteiger partial charge in [0, 0.05) is 25.7 Å². The summed E-state index contributed by atoms with van der Waals surface area (Å²) in [4.78, 5) is 16.2. The molecule has 0 bridgehead atoms. The van der Waals surface area contributed by atoms with Gasteiger partial charge in [0.15, 0.2) is 0 Å². The lowest BCUT2D eigenvalue weighted by molar-refractivity contribution is -0.388. The minimum Gasteiger partial charge on any atom is -0.362 e. The number of nitro groups is 1. The van der Waals surface area contributed by atoms with E-state index in [0.29, 0.717) is 11.7 Å². The highest BCUT2D eigenvalue weighted by molar-refractivity contribution is 5.59. The van der Waals surface area contributed by atoms with Crippen LogP contribution in [0.2, 0.25) is 0 Å². The molecular weight excluding hydrogens is 208 g/mol. The van der Waals surface area contributed by atoms with Crippen molar-refractivity contribution in [1.29, 1.82) is 0 Å². The molecule has 0 saturated carbocycles. The Balaban J connectivity index is 2.28. The van der Waals surface area contributed by atoms with Crippen molar-refractivity contribution < 1.29 is 4.92 Å². The van der Waals surface area contributed by atoms with Gasteiger partial charge in [-0.2, -0.15) is 0 Å². The molecule has 2 heterocycles. The fourth-order valence-electron chi connectivity index (χ4n) is 1.93. The topological polar surface area (TPSA) is 71.3 Å². The number of hydrogen-bond donors (Lipinski definition) is 1. The first-order chi connectivity index (χ1) is 7.68. The van der Waals surface area contributed by atoms with Gasteiger partial charge in [-0.1, -0.05) is 0 Å². The fourth-order valence-corrected chi connectivity index (χ4v) is 1.93. The second-order valence-electron chi connectivity index (χ2n) is 3.90. The van der Waals surface area contributed by atoms with Crippen LogP contribution in [0, 0.1) is 10.1 Å². The van der Waals surface area contributed by atoms with Gasteiger partial charge in [0.1, 0.15) is 11.9 Å². The molecule has 0 aliphatic carbocycles. The lowest BCUT2D eigenvalue weighted by Gasteiger charge is -2.32. The van der Waals surface area contributed by atoms with Gasteiger partial charge in [0.05, 0.1) is 0 Å². The maximum Gasteiger partial charge on any atom is 0.387 e. The summed E-state index contributed by atoms with van der Waals surface area (Å²) in [5.74, 6) is -0.0587. The van der Waals surface area contributed by atoms with E-state index >= 15 is 0 Å². The number of piperazine rings is 1. The van der Waals surface area contributed by atoms with Crippen LogP contribution < -0.4 is 10.2 Å². The van der Waals surface area contributed by atoms with Gasteiger partial charge in [0.25, 0.3) is 0 Å². The molecule has 1 aromatic rings. The highest BCUT2D eigenvalue weighted by Gasteiger charge is 2.23. The zero-order chi connectivity index (χ0) is 11.5. The number of aromatic nitrogens is 1. The van der Waals surface area contributed by atoms with E-state index in [2.05, 4.69) is 17.2 Å². The molecule has 16 heavy (non-hydrogen) atoms. The number of anilines is 1. The van der Waals surface area contributed by atoms with Crippen LogP contribution >= 0.6 is 0 Å². The Bertz CT molecular complexity index is 396. The molecular formula is C10H14N4O2. The van der Waals surface area contributed by atoms with Crippen LogP contribution in [0.25, 0.3) is 0 Å². The van der Waals surface area contributed by atoms with Crippen molar-refractivity contribution in [3.8, 4) is 0 Å². The molecule has 0 aromatic carbocycles. The lowest BCUT2D eigenvalue weighted by atomic mass is 10.2. The van der Waals surface area contributed by atoms with E-state index in [9.17, 15) is 10.1 Å². The zero-order valence-corrected chi connectivity index (χ0v) is 9.09. The molecule has 1 aliphatic rings. The number of rotatable bonds is 2.